The fourth-order valence-electron chi connectivity index (χ4n) is 2.97. The molecule has 0 aliphatic carbocycles. The summed E-state index contributed by atoms with van der Waals surface area (Å²) in [5.41, 5.74) is 1.74. The third kappa shape index (κ3) is 3.67. The van der Waals surface area contributed by atoms with Gasteiger partial charge in [0.2, 0.25) is 0 Å². The second-order valence-corrected chi connectivity index (χ2v) is 5.83. The van der Waals surface area contributed by atoms with Gasteiger partial charge in [-0.15, -0.1) is 0 Å². The number of fused-ring (bicyclic) bond motifs is 3. The monoisotopic (exact) mass is 369 g/mol. The molecule has 4 rings (SSSR count). The Bertz CT molecular complexity index is 1120. The minimum Gasteiger partial charge on any atom is -0.872 e. The molecule has 0 aliphatic rings. The molecule has 6 heteroatoms. The molecule has 0 spiro atoms. The molecule has 1 amide bonds. The predicted octanol–water partition coefficient (Wildman–Crippen LogP) is 1.31. The summed E-state index contributed by atoms with van der Waals surface area (Å²) in [5.74, 6) is -0.291. The van der Waals surface area contributed by atoms with Crippen molar-refractivity contribution in [3.05, 3.63) is 66.2 Å². The Kier molecular flexibility index (Phi) is 5.75. The number of hydrogen-bond acceptors (Lipinski definition) is 4. The van der Waals surface area contributed by atoms with Crippen molar-refractivity contribution in [3.8, 4) is 11.5 Å². The predicted molar refractivity (Wildman–Crippen MR) is 98.7 cm³/mol. The number of furan rings is 1. The van der Waals surface area contributed by atoms with Crippen LogP contribution in [0.1, 0.15) is 17.3 Å². The molecule has 1 heterocycles. The van der Waals surface area contributed by atoms with Gasteiger partial charge < -0.3 is 19.6 Å². The quantitative estimate of drug-likeness (QED) is 0.551. The van der Waals surface area contributed by atoms with Gasteiger partial charge in [-0.25, -0.2) is 0 Å². The summed E-state index contributed by atoms with van der Waals surface area (Å²) in [6.07, 6.45) is 0. The average Bonchev–Trinajstić information content (AvgIpc) is 3.00. The van der Waals surface area contributed by atoms with Gasteiger partial charge in [-0.3, -0.25) is 4.79 Å². The Hall–Kier alpha value is -2.47. The SMILES string of the molecule is CCOc1ccccc1NC(=O)c1cc2oc3ccccc3c2cc1[O-].[Na+]. The van der Waals surface area contributed by atoms with E-state index in [1.165, 1.54) is 12.1 Å². The molecule has 0 fully saturated rings. The zero-order valence-electron chi connectivity index (χ0n) is 15.1. The first kappa shape index (κ1) is 19.3. The van der Waals surface area contributed by atoms with Crippen molar-refractivity contribution in [3.63, 3.8) is 0 Å². The number of rotatable bonds is 4. The van der Waals surface area contributed by atoms with Crippen LogP contribution in [0.2, 0.25) is 0 Å². The maximum atomic E-state index is 12.6. The number of carbonyl (C=O) groups is 1. The number of hydrogen-bond donors (Lipinski definition) is 1. The van der Waals surface area contributed by atoms with Crippen molar-refractivity contribution < 1.29 is 48.6 Å². The normalized spacial score (nSPS) is 10.6. The van der Waals surface area contributed by atoms with Crippen LogP contribution in [0.5, 0.6) is 11.5 Å². The average molecular weight is 369 g/mol. The molecule has 130 valence electrons. The van der Waals surface area contributed by atoms with E-state index < -0.39 is 5.91 Å². The van der Waals surface area contributed by atoms with Crippen molar-refractivity contribution in [1.82, 2.24) is 0 Å². The summed E-state index contributed by atoms with van der Waals surface area (Å²) in [6.45, 7) is 2.34. The first-order chi connectivity index (χ1) is 12.7. The Morgan fingerprint density at radius 2 is 1.78 bits per heavy atom. The third-order valence-corrected chi connectivity index (χ3v) is 4.16. The Morgan fingerprint density at radius 3 is 2.59 bits per heavy atom. The minimum absolute atomic E-state index is 0. The molecule has 0 radical (unpaired) electrons. The van der Waals surface area contributed by atoms with Gasteiger partial charge in [0.15, 0.2) is 0 Å². The van der Waals surface area contributed by atoms with Crippen LogP contribution in [0.3, 0.4) is 0 Å². The number of benzene rings is 3. The van der Waals surface area contributed by atoms with E-state index in [2.05, 4.69) is 5.32 Å². The van der Waals surface area contributed by atoms with Crippen molar-refractivity contribution in [2.24, 2.45) is 0 Å². The summed E-state index contributed by atoms with van der Waals surface area (Å²) in [7, 11) is 0. The molecule has 0 bridgehead atoms. The van der Waals surface area contributed by atoms with E-state index in [0.717, 1.165) is 5.39 Å². The second-order valence-electron chi connectivity index (χ2n) is 5.83. The Balaban J connectivity index is 0.00000210. The van der Waals surface area contributed by atoms with Gasteiger partial charge in [-0.05, 0) is 31.2 Å². The molecule has 0 atom stereocenters. The first-order valence-corrected chi connectivity index (χ1v) is 8.33. The van der Waals surface area contributed by atoms with Crippen LogP contribution in [0.4, 0.5) is 5.69 Å². The standard InChI is InChI=1S/C21H17NO4.Na/c1-2-25-19-10-6-4-8-16(19)22-21(24)15-12-20-14(11-17(15)23)13-7-3-5-9-18(13)26-20;/h3-12,23H,2H2,1H3,(H,22,24);/q;+1/p-1. The van der Waals surface area contributed by atoms with Crippen LogP contribution < -0.4 is 44.7 Å². The van der Waals surface area contributed by atoms with Crippen LogP contribution in [0.15, 0.2) is 65.1 Å². The number of carbonyl (C=O) groups excluding carboxylic acids is 1. The molecule has 4 aromatic rings. The van der Waals surface area contributed by atoms with Gasteiger partial charge in [0.25, 0.3) is 5.91 Å². The summed E-state index contributed by atoms with van der Waals surface area (Å²) in [4.78, 5) is 12.6. The largest absolute Gasteiger partial charge is 1.00 e. The maximum Gasteiger partial charge on any atom is 1.00 e. The van der Waals surface area contributed by atoms with Gasteiger partial charge in [-0.1, -0.05) is 42.1 Å². The van der Waals surface area contributed by atoms with E-state index in [4.69, 9.17) is 9.15 Å². The van der Waals surface area contributed by atoms with Crippen molar-refractivity contribution in [2.45, 2.75) is 6.92 Å². The molecular formula is C21H16NNaO4. The second kappa shape index (κ2) is 8.05. The topological polar surface area (TPSA) is 74.5 Å². The third-order valence-electron chi connectivity index (χ3n) is 4.16. The number of nitrogens with one attached hydrogen (secondary N) is 1. The molecule has 1 N–H and O–H groups in total. The molecule has 0 aliphatic heterocycles. The van der Waals surface area contributed by atoms with Crippen LogP contribution in [-0.2, 0) is 0 Å². The maximum absolute atomic E-state index is 12.6. The smallest absolute Gasteiger partial charge is 0.872 e. The van der Waals surface area contributed by atoms with Gasteiger partial charge in [-0.2, -0.15) is 0 Å². The minimum atomic E-state index is -0.496. The van der Waals surface area contributed by atoms with Gasteiger partial charge in [0.05, 0.1) is 12.3 Å². The Morgan fingerprint density at radius 1 is 1.04 bits per heavy atom. The Labute approximate surface area is 178 Å². The van der Waals surface area contributed by atoms with Crippen LogP contribution in [0, 0.1) is 0 Å². The summed E-state index contributed by atoms with van der Waals surface area (Å²) in [5, 5.41) is 16.8. The molecule has 27 heavy (non-hydrogen) atoms. The van der Waals surface area contributed by atoms with E-state index in [1.807, 2.05) is 37.3 Å². The fourth-order valence-corrected chi connectivity index (χ4v) is 2.97. The summed E-state index contributed by atoms with van der Waals surface area (Å²) in [6, 6.07) is 17.5. The molecular weight excluding hydrogens is 353 g/mol. The van der Waals surface area contributed by atoms with Gasteiger partial charge >= 0.3 is 29.6 Å². The van der Waals surface area contributed by atoms with Crippen LogP contribution in [-0.4, -0.2) is 12.5 Å². The molecule has 0 unspecified atom stereocenters. The molecule has 1 aromatic heterocycles. The zero-order valence-corrected chi connectivity index (χ0v) is 17.1. The van der Waals surface area contributed by atoms with E-state index in [-0.39, 0.29) is 40.9 Å². The zero-order chi connectivity index (χ0) is 18.1. The van der Waals surface area contributed by atoms with E-state index in [1.54, 1.807) is 18.2 Å². The van der Waals surface area contributed by atoms with Gasteiger partial charge in [0, 0.05) is 16.3 Å². The first-order valence-electron chi connectivity index (χ1n) is 8.33. The summed E-state index contributed by atoms with van der Waals surface area (Å²) >= 11 is 0. The molecule has 5 nitrogen and oxygen atoms in total. The van der Waals surface area contributed by atoms with E-state index >= 15 is 0 Å². The van der Waals surface area contributed by atoms with Crippen LogP contribution in [0.25, 0.3) is 21.9 Å². The number of ether oxygens (including phenoxy) is 1. The number of anilines is 1. The number of amides is 1. The number of para-hydroxylation sites is 3. The summed E-state index contributed by atoms with van der Waals surface area (Å²) < 4.78 is 11.3. The molecule has 0 saturated heterocycles. The molecule has 0 saturated carbocycles. The van der Waals surface area contributed by atoms with Crippen molar-refractivity contribution in [1.29, 1.82) is 0 Å². The van der Waals surface area contributed by atoms with Crippen molar-refractivity contribution in [2.75, 3.05) is 11.9 Å². The molecule has 3 aromatic carbocycles. The van der Waals surface area contributed by atoms with E-state index in [9.17, 15) is 9.90 Å². The van der Waals surface area contributed by atoms with Crippen molar-refractivity contribution >= 4 is 33.5 Å². The van der Waals surface area contributed by atoms with Gasteiger partial charge in [0.1, 0.15) is 16.9 Å². The fraction of sp³-hybridized carbons (Fsp3) is 0.0952. The van der Waals surface area contributed by atoms with E-state index in [0.29, 0.717) is 34.6 Å². The van der Waals surface area contributed by atoms with Crippen LogP contribution >= 0.6 is 0 Å².